The Bertz CT molecular complexity index is 406. The van der Waals surface area contributed by atoms with Gasteiger partial charge in [0.1, 0.15) is 0 Å². The van der Waals surface area contributed by atoms with Crippen LogP contribution in [0.1, 0.15) is 57.7 Å². The van der Waals surface area contributed by atoms with Gasteiger partial charge in [0.2, 0.25) is 0 Å². The number of pyridine rings is 1. The largest absolute Gasteiger partial charge is 0.327 e. The van der Waals surface area contributed by atoms with E-state index in [9.17, 15) is 0 Å². The third-order valence-corrected chi connectivity index (χ3v) is 4.62. The first-order valence-electron chi connectivity index (χ1n) is 7.09. The maximum atomic E-state index is 6.45. The average Bonchev–Trinajstić information content (AvgIpc) is 2.71. The first-order valence-corrected chi connectivity index (χ1v) is 7.09. The summed E-state index contributed by atoms with van der Waals surface area (Å²) in [5, 5.41) is 0. The van der Waals surface area contributed by atoms with Gasteiger partial charge in [-0.05, 0) is 42.2 Å². The molecule has 0 amide bonds. The lowest BCUT2D eigenvalue weighted by Crippen LogP contribution is -2.33. The Balaban J connectivity index is 2.06. The minimum absolute atomic E-state index is 0.246. The summed E-state index contributed by atoms with van der Waals surface area (Å²) < 4.78 is 0. The number of aryl methyl sites for hydroxylation is 1. The molecule has 2 rings (SSSR count). The van der Waals surface area contributed by atoms with Crippen LogP contribution < -0.4 is 5.73 Å². The van der Waals surface area contributed by atoms with Crippen molar-refractivity contribution in [1.82, 2.24) is 4.98 Å². The highest BCUT2D eigenvalue weighted by Crippen LogP contribution is 2.37. The normalized spacial score (nSPS) is 22.6. The highest BCUT2D eigenvalue weighted by molar-refractivity contribution is 5.29. The summed E-state index contributed by atoms with van der Waals surface area (Å²) in [5.74, 6) is 1.10. The van der Waals surface area contributed by atoms with Gasteiger partial charge in [0.15, 0.2) is 0 Å². The molecule has 0 fully saturated rings. The van der Waals surface area contributed by atoms with Crippen molar-refractivity contribution < 1.29 is 0 Å². The number of rotatable bonds is 3. The van der Waals surface area contributed by atoms with Crippen LogP contribution in [0.15, 0.2) is 18.3 Å². The average molecular weight is 246 g/mol. The summed E-state index contributed by atoms with van der Waals surface area (Å²) >= 11 is 0. The molecule has 0 saturated heterocycles. The molecule has 1 aliphatic carbocycles. The van der Waals surface area contributed by atoms with Crippen molar-refractivity contribution >= 4 is 0 Å². The van der Waals surface area contributed by atoms with Gasteiger partial charge in [-0.25, -0.2) is 0 Å². The standard InChI is InChI=1S/C16H26N2/c1-11(16(2,3)4)10-14(17)13-8-7-12-6-5-9-18-15(12)13/h5-6,9,11,13-14H,7-8,10,17H2,1-4H3. The molecule has 1 heterocycles. The quantitative estimate of drug-likeness (QED) is 0.886. The fourth-order valence-corrected chi connectivity index (χ4v) is 2.79. The van der Waals surface area contributed by atoms with Gasteiger partial charge >= 0.3 is 0 Å². The topological polar surface area (TPSA) is 38.9 Å². The Morgan fingerprint density at radius 3 is 2.83 bits per heavy atom. The number of hydrogen-bond acceptors (Lipinski definition) is 2. The van der Waals surface area contributed by atoms with Gasteiger partial charge in [0, 0.05) is 23.9 Å². The molecule has 0 saturated carbocycles. The van der Waals surface area contributed by atoms with Crippen LogP contribution in [-0.2, 0) is 6.42 Å². The zero-order valence-electron chi connectivity index (χ0n) is 12.1. The third kappa shape index (κ3) is 2.74. The highest BCUT2D eigenvalue weighted by Gasteiger charge is 2.31. The van der Waals surface area contributed by atoms with Crippen molar-refractivity contribution in [1.29, 1.82) is 0 Å². The predicted octanol–water partition coefficient (Wildman–Crippen LogP) is 3.51. The van der Waals surface area contributed by atoms with Gasteiger partial charge in [-0.3, -0.25) is 4.98 Å². The zero-order valence-corrected chi connectivity index (χ0v) is 12.1. The van der Waals surface area contributed by atoms with E-state index in [4.69, 9.17) is 5.73 Å². The summed E-state index contributed by atoms with van der Waals surface area (Å²) in [5.41, 5.74) is 9.45. The molecule has 0 aromatic carbocycles. The van der Waals surface area contributed by atoms with E-state index in [1.54, 1.807) is 0 Å². The Morgan fingerprint density at radius 1 is 1.44 bits per heavy atom. The lowest BCUT2D eigenvalue weighted by Gasteiger charge is -2.31. The van der Waals surface area contributed by atoms with E-state index in [2.05, 4.69) is 38.7 Å². The first kappa shape index (κ1) is 13.5. The van der Waals surface area contributed by atoms with Crippen LogP contribution in [-0.4, -0.2) is 11.0 Å². The van der Waals surface area contributed by atoms with E-state index >= 15 is 0 Å². The predicted molar refractivity (Wildman–Crippen MR) is 76.5 cm³/mol. The fraction of sp³-hybridized carbons (Fsp3) is 0.688. The van der Waals surface area contributed by atoms with Crippen LogP contribution in [0.3, 0.4) is 0 Å². The second kappa shape index (κ2) is 5.00. The molecule has 0 spiro atoms. The number of nitrogens with zero attached hydrogens (tertiary/aromatic N) is 1. The molecule has 0 bridgehead atoms. The van der Waals surface area contributed by atoms with Gasteiger partial charge in [0.25, 0.3) is 0 Å². The summed E-state index contributed by atoms with van der Waals surface area (Å²) in [4.78, 5) is 4.55. The number of fused-ring (bicyclic) bond motifs is 1. The molecule has 18 heavy (non-hydrogen) atoms. The van der Waals surface area contributed by atoms with Crippen LogP contribution in [0.4, 0.5) is 0 Å². The van der Waals surface area contributed by atoms with Crippen molar-refractivity contribution in [2.24, 2.45) is 17.1 Å². The van der Waals surface area contributed by atoms with Crippen LogP contribution in [0.5, 0.6) is 0 Å². The number of nitrogens with two attached hydrogens (primary N) is 1. The minimum Gasteiger partial charge on any atom is -0.327 e. The van der Waals surface area contributed by atoms with E-state index in [-0.39, 0.29) is 6.04 Å². The molecule has 2 heteroatoms. The monoisotopic (exact) mass is 246 g/mol. The molecular formula is C16H26N2. The molecule has 2 N–H and O–H groups in total. The van der Waals surface area contributed by atoms with E-state index in [0.717, 1.165) is 12.8 Å². The van der Waals surface area contributed by atoms with Gasteiger partial charge in [-0.15, -0.1) is 0 Å². The minimum atomic E-state index is 0.246. The van der Waals surface area contributed by atoms with Crippen LogP contribution >= 0.6 is 0 Å². The van der Waals surface area contributed by atoms with E-state index in [1.807, 2.05) is 12.3 Å². The van der Waals surface area contributed by atoms with Gasteiger partial charge < -0.3 is 5.73 Å². The molecule has 0 aliphatic heterocycles. The first-order chi connectivity index (χ1) is 8.39. The maximum absolute atomic E-state index is 6.45. The molecule has 1 aromatic heterocycles. The number of aromatic nitrogens is 1. The second-order valence-corrected chi connectivity index (χ2v) is 6.86. The van der Waals surface area contributed by atoms with Gasteiger partial charge in [-0.2, -0.15) is 0 Å². The lowest BCUT2D eigenvalue weighted by molar-refractivity contribution is 0.224. The van der Waals surface area contributed by atoms with Crippen LogP contribution in [0.2, 0.25) is 0 Å². The van der Waals surface area contributed by atoms with Crippen molar-refractivity contribution in [3.8, 4) is 0 Å². The molecule has 100 valence electrons. The summed E-state index contributed by atoms with van der Waals surface area (Å²) in [7, 11) is 0. The zero-order chi connectivity index (χ0) is 13.3. The van der Waals surface area contributed by atoms with E-state index in [0.29, 0.717) is 17.3 Å². The molecular weight excluding hydrogens is 220 g/mol. The summed E-state index contributed by atoms with van der Waals surface area (Å²) in [6.45, 7) is 9.20. The van der Waals surface area contributed by atoms with Crippen molar-refractivity contribution in [2.75, 3.05) is 0 Å². The third-order valence-electron chi connectivity index (χ3n) is 4.62. The van der Waals surface area contributed by atoms with Gasteiger partial charge in [0.05, 0.1) is 0 Å². The SMILES string of the molecule is CC(CC(N)C1CCc2cccnc21)C(C)(C)C. The Labute approximate surface area is 111 Å². The summed E-state index contributed by atoms with van der Waals surface area (Å²) in [6, 6.07) is 4.47. The highest BCUT2D eigenvalue weighted by atomic mass is 14.8. The molecule has 1 aromatic rings. The molecule has 0 radical (unpaired) electrons. The lowest BCUT2D eigenvalue weighted by atomic mass is 9.76. The van der Waals surface area contributed by atoms with Crippen LogP contribution in [0, 0.1) is 11.3 Å². The molecule has 3 unspecified atom stereocenters. The van der Waals surface area contributed by atoms with Crippen molar-refractivity contribution in [2.45, 2.75) is 58.9 Å². The van der Waals surface area contributed by atoms with E-state index < -0.39 is 0 Å². The smallest absolute Gasteiger partial charge is 0.0482 e. The summed E-state index contributed by atoms with van der Waals surface area (Å²) in [6.07, 6.45) is 5.30. The number of hydrogen-bond donors (Lipinski definition) is 1. The molecule has 1 aliphatic rings. The Morgan fingerprint density at radius 2 is 2.17 bits per heavy atom. The van der Waals surface area contributed by atoms with Gasteiger partial charge in [-0.1, -0.05) is 33.8 Å². The van der Waals surface area contributed by atoms with E-state index in [1.165, 1.54) is 17.7 Å². The van der Waals surface area contributed by atoms with Crippen molar-refractivity contribution in [3.63, 3.8) is 0 Å². The van der Waals surface area contributed by atoms with Crippen LogP contribution in [0.25, 0.3) is 0 Å². The van der Waals surface area contributed by atoms with Crippen molar-refractivity contribution in [3.05, 3.63) is 29.6 Å². The molecule has 3 atom stereocenters. The fourth-order valence-electron chi connectivity index (χ4n) is 2.79. The Kier molecular flexibility index (Phi) is 3.76. The Hall–Kier alpha value is -0.890. The second-order valence-electron chi connectivity index (χ2n) is 6.86. The maximum Gasteiger partial charge on any atom is 0.0482 e. The molecule has 2 nitrogen and oxygen atoms in total.